The van der Waals surface area contributed by atoms with Crippen LogP contribution in [0.4, 0.5) is 13.2 Å². The van der Waals surface area contributed by atoms with E-state index in [1.54, 1.807) is 24.7 Å². The number of imidazole rings is 1. The number of pyridine rings is 1. The predicted octanol–water partition coefficient (Wildman–Crippen LogP) is 4.35. The molecule has 3 aromatic rings. The predicted molar refractivity (Wildman–Crippen MR) is 124 cm³/mol. The van der Waals surface area contributed by atoms with E-state index < -0.39 is 23.4 Å². The number of hydrogen-bond donors (Lipinski definition) is 1. The van der Waals surface area contributed by atoms with Crippen molar-refractivity contribution in [3.8, 4) is 0 Å². The minimum absolute atomic E-state index is 0.0326. The lowest BCUT2D eigenvalue weighted by Gasteiger charge is -2.32. The van der Waals surface area contributed by atoms with Crippen molar-refractivity contribution < 1.29 is 27.2 Å². The van der Waals surface area contributed by atoms with Gasteiger partial charge in [0.25, 0.3) is 11.8 Å². The van der Waals surface area contributed by atoms with Crippen LogP contribution in [0.5, 0.6) is 0 Å². The van der Waals surface area contributed by atoms with Crippen molar-refractivity contribution in [1.29, 1.82) is 0 Å². The van der Waals surface area contributed by atoms with Crippen LogP contribution in [-0.4, -0.2) is 50.9 Å². The van der Waals surface area contributed by atoms with Gasteiger partial charge in [0.15, 0.2) is 0 Å². The Bertz CT molecular complexity index is 1210. The van der Waals surface area contributed by atoms with Gasteiger partial charge in [-0.2, -0.15) is 13.2 Å². The van der Waals surface area contributed by atoms with Crippen LogP contribution in [0.1, 0.15) is 68.8 Å². The zero-order valence-electron chi connectivity index (χ0n) is 20.1. The number of piperidine rings is 1. The molecule has 1 fully saturated rings. The summed E-state index contributed by atoms with van der Waals surface area (Å²) in [4.78, 5) is 35.8. The number of halogens is 3. The molecule has 1 aliphatic rings. The maximum Gasteiger partial charge on any atom is 0.450 e. The van der Waals surface area contributed by atoms with Gasteiger partial charge >= 0.3 is 6.18 Å². The van der Waals surface area contributed by atoms with Crippen molar-refractivity contribution >= 4 is 11.8 Å². The first-order chi connectivity index (χ1) is 17.1. The monoisotopic (exact) mass is 503 g/mol. The van der Waals surface area contributed by atoms with Crippen molar-refractivity contribution in [2.45, 2.75) is 51.7 Å². The molecular formula is C25H28F3N5O3. The van der Waals surface area contributed by atoms with Crippen LogP contribution in [0, 0.1) is 13.8 Å². The van der Waals surface area contributed by atoms with E-state index in [0.29, 0.717) is 30.6 Å². The molecule has 192 valence electrons. The minimum atomic E-state index is -4.75. The van der Waals surface area contributed by atoms with Gasteiger partial charge in [-0.25, -0.2) is 4.98 Å². The molecule has 0 radical (unpaired) electrons. The molecule has 0 aromatic carbocycles. The summed E-state index contributed by atoms with van der Waals surface area (Å²) < 4.78 is 46.6. The lowest BCUT2D eigenvalue weighted by atomic mass is 9.89. The van der Waals surface area contributed by atoms with Gasteiger partial charge in [0, 0.05) is 50.2 Å². The maximum atomic E-state index is 13.3. The number of alkyl halides is 3. The average Bonchev–Trinajstić information content (AvgIpc) is 3.51. The van der Waals surface area contributed by atoms with Gasteiger partial charge in [-0.05, 0) is 51.3 Å². The number of aromatic nitrogens is 3. The second-order valence-electron chi connectivity index (χ2n) is 8.96. The average molecular weight is 504 g/mol. The molecule has 8 nitrogen and oxygen atoms in total. The number of aryl methyl sites for hydroxylation is 3. The van der Waals surface area contributed by atoms with E-state index in [1.807, 2.05) is 17.7 Å². The number of likely N-dealkylation sites (tertiary alicyclic amines) is 1. The highest BCUT2D eigenvalue weighted by Gasteiger charge is 2.41. The summed E-state index contributed by atoms with van der Waals surface area (Å²) >= 11 is 0. The van der Waals surface area contributed by atoms with Gasteiger partial charge < -0.3 is 19.2 Å². The Hall–Kier alpha value is -3.63. The highest BCUT2D eigenvalue weighted by molar-refractivity contribution is 5.96. The highest BCUT2D eigenvalue weighted by Crippen LogP contribution is 2.36. The molecule has 0 atom stereocenters. The third-order valence-corrected chi connectivity index (χ3v) is 6.26. The van der Waals surface area contributed by atoms with Crippen LogP contribution < -0.4 is 5.32 Å². The summed E-state index contributed by atoms with van der Waals surface area (Å²) in [6, 6.07) is 4.67. The SMILES string of the molecule is Cc1ccc(C(=O)NCCCn2ccnc2)c(C2CCN(C(=O)c3cc(C)oc3C(F)(F)F)CC2)n1. The molecule has 36 heavy (non-hydrogen) atoms. The molecule has 2 amide bonds. The maximum absolute atomic E-state index is 13.3. The Morgan fingerprint density at radius 1 is 1.17 bits per heavy atom. The fourth-order valence-corrected chi connectivity index (χ4v) is 4.47. The number of amides is 2. The van der Waals surface area contributed by atoms with Gasteiger partial charge in [-0.1, -0.05) is 0 Å². The van der Waals surface area contributed by atoms with Gasteiger partial charge in [-0.15, -0.1) is 0 Å². The van der Waals surface area contributed by atoms with Gasteiger partial charge in [-0.3, -0.25) is 14.6 Å². The summed E-state index contributed by atoms with van der Waals surface area (Å²) in [5.74, 6) is -2.24. The molecule has 0 unspecified atom stereocenters. The number of nitrogens with one attached hydrogen (secondary N) is 1. The Morgan fingerprint density at radius 3 is 2.58 bits per heavy atom. The van der Waals surface area contributed by atoms with E-state index in [9.17, 15) is 22.8 Å². The number of rotatable bonds is 7. The topological polar surface area (TPSA) is 93.3 Å². The molecule has 1 saturated heterocycles. The summed E-state index contributed by atoms with van der Waals surface area (Å²) in [6.45, 7) is 4.96. The molecule has 4 rings (SSSR count). The van der Waals surface area contributed by atoms with Crippen LogP contribution in [0.15, 0.2) is 41.3 Å². The zero-order valence-corrected chi connectivity index (χ0v) is 20.1. The Labute approximate surface area is 206 Å². The Morgan fingerprint density at radius 2 is 1.92 bits per heavy atom. The van der Waals surface area contributed by atoms with Crippen LogP contribution >= 0.6 is 0 Å². The quantitative estimate of drug-likeness (QED) is 0.484. The van der Waals surface area contributed by atoms with Crippen LogP contribution in [0.25, 0.3) is 0 Å². The Balaban J connectivity index is 1.40. The van der Waals surface area contributed by atoms with Crippen LogP contribution in [-0.2, 0) is 12.7 Å². The lowest BCUT2D eigenvalue weighted by Crippen LogP contribution is -2.39. The molecule has 1 N–H and O–H groups in total. The first-order valence-corrected chi connectivity index (χ1v) is 11.8. The molecule has 0 spiro atoms. The number of carbonyl (C=O) groups is 2. The highest BCUT2D eigenvalue weighted by atomic mass is 19.4. The fraction of sp³-hybridized carbons (Fsp3) is 0.440. The van der Waals surface area contributed by atoms with Crippen LogP contribution in [0.2, 0.25) is 0 Å². The first kappa shape index (κ1) is 25.5. The molecule has 1 aliphatic heterocycles. The van der Waals surface area contributed by atoms with E-state index >= 15 is 0 Å². The molecular weight excluding hydrogens is 475 g/mol. The second kappa shape index (κ2) is 10.5. The summed E-state index contributed by atoms with van der Waals surface area (Å²) in [7, 11) is 0. The third-order valence-electron chi connectivity index (χ3n) is 6.26. The van der Waals surface area contributed by atoms with Gasteiger partial charge in [0.1, 0.15) is 5.76 Å². The minimum Gasteiger partial charge on any atom is -0.456 e. The van der Waals surface area contributed by atoms with Crippen molar-refractivity contribution in [2.75, 3.05) is 19.6 Å². The van der Waals surface area contributed by atoms with Gasteiger partial charge in [0.2, 0.25) is 5.76 Å². The second-order valence-corrected chi connectivity index (χ2v) is 8.96. The molecule has 3 aromatic heterocycles. The number of nitrogens with zero attached hydrogens (tertiary/aromatic N) is 4. The fourth-order valence-electron chi connectivity index (χ4n) is 4.47. The summed E-state index contributed by atoms with van der Waals surface area (Å²) in [5.41, 5.74) is 1.44. The van der Waals surface area contributed by atoms with E-state index in [1.165, 1.54) is 11.8 Å². The van der Waals surface area contributed by atoms with Crippen molar-refractivity contribution in [1.82, 2.24) is 24.8 Å². The normalized spacial score (nSPS) is 14.8. The molecule has 11 heteroatoms. The summed E-state index contributed by atoms with van der Waals surface area (Å²) in [5, 5.41) is 2.94. The van der Waals surface area contributed by atoms with E-state index in [4.69, 9.17) is 4.42 Å². The van der Waals surface area contributed by atoms with E-state index in [2.05, 4.69) is 15.3 Å². The number of furan rings is 1. The zero-order chi connectivity index (χ0) is 25.9. The molecule has 0 saturated carbocycles. The number of carbonyl (C=O) groups excluding carboxylic acids is 2. The standard InChI is InChI=1S/C25H28F3N5O3/c1-16-4-5-19(23(34)30-8-3-10-32-13-9-29-15-32)21(31-16)18-6-11-33(12-7-18)24(35)20-14-17(2)36-22(20)25(26,27)28/h4-5,9,13-15,18H,3,6-8,10-12H2,1-2H3,(H,30,34). The van der Waals surface area contributed by atoms with Crippen molar-refractivity contribution in [3.05, 3.63) is 71.0 Å². The van der Waals surface area contributed by atoms with E-state index in [0.717, 1.165) is 24.7 Å². The largest absolute Gasteiger partial charge is 0.456 e. The van der Waals surface area contributed by atoms with E-state index in [-0.39, 0.29) is 30.7 Å². The Kier molecular flexibility index (Phi) is 7.46. The van der Waals surface area contributed by atoms with Crippen LogP contribution in [0.3, 0.4) is 0 Å². The first-order valence-electron chi connectivity index (χ1n) is 11.8. The third kappa shape index (κ3) is 5.77. The van der Waals surface area contributed by atoms with Crippen molar-refractivity contribution in [3.63, 3.8) is 0 Å². The van der Waals surface area contributed by atoms with Crippen molar-refractivity contribution in [2.24, 2.45) is 0 Å². The molecule has 4 heterocycles. The lowest BCUT2D eigenvalue weighted by molar-refractivity contribution is -0.153. The molecule has 0 bridgehead atoms. The smallest absolute Gasteiger partial charge is 0.450 e. The molecule has 0 aliphatic carbocycles. The summed E-state index contributed by atoms with van der Waals surface area (Å²) in [6.07, 6.45) is 2.25. The number of hydrogen-bond acceptors (Lipinski definition) is 5. The van der Waals surface area contributed by atoms with Gasteiger partial charge in [0.05, 0.1) is 23.1 Å².